The molecule has 1 saturated carbocycles. The summed E-state index contributed by atoms with van der Waals surface area (Å²) in [5.74, 6) is 0. The largest absolute Gasteiger partial charge is 0.412 e. The van der Waals surface area contributed by atoms with Crippen molar-refractivity contribution >= 4 is 0 Å². The SMILES string of the molecule is NC1(CCN2CC=C(C(F)(F)F)CC2)CCCC1. The summed E-state index contributed by atoms with van der Waals surface area (Å²) in [5, 5.41) is 0. The number of hydrogen-bond donors (Lipinski definition) is 1. The third kappa shape index (κ3) is 3.48. The molecule has 1 heterocycles. The summed E-state index contributed by atoms with van der Waals surface area (Å²) in [5.41, 5.74) is 5.82. The molecule has 1 aliphatic carbocycles. The van der Waals surface area contributed by atoms with Crippen LogP contribution in [0.4, 0.5) is 13.2 Å². The number of nitrogens with two attached hydrogens (primary N) is 1. The zero-order chi connectivity index (χ0) is 13.2. The minimum atomic E-state index is -4.15. The van der Waals surface area contributed by atoms with Crippen molar-refractivity contribution in [2.75, 3.05) is 19.6 Å². The second-order valence-corrected chi connectivity index (χ2v) is 5.60. The molecule has 2 aliphatic rings. The highest BCUT2D eigenvalue weighted by Gasteiger charge is 2.35. The number of hydrogen-bond acceptors (Lipinski definition) is 2. The predicted octanol–water partition coefficient (Wildman–Crippen LogP) is 2.84. The van der Waals surface area contributed by atoms with E-state index < -0.39 is 6.18 Å². The van der Waals surface area contributed by atoms with Gasteiger partial charge in [-0.3, -0.25) is 4.90 Å². The highest BCUT2D eigenvalue weighted by molar-refractivity contribution is 5.13. The zero-order valence-electron chi connectivity index (χ0n) is 10.6. The number of nitrogens with zero attached hydrogens (tertiary/aromatic N) is 1. The Hall–Kier alpha value is -0.550. The third-order valence-electron chi connectivity index (χ3n) is 4.18. The van der Waals surface area contributed by atoms with Crippen LogP contribution in [-0.4, -0.2) is 36.2 Å². The van der Waals surface area contributed by atoms with Crippen molar-refractivity contribution in [2.45, 2.75) is 50.2 Å². The standard InChI is InChI=1S/C13H21F3N2/c14-13(15,16)11-3-8-18(9-4-11)10-7-12(17)5-1-2-6-12/h3H,1-2,4-10,17H2. The van der Waals surface area contributed by atoms with E-state index in [1.54, 1.807) is 0 Å². The maximum atomic E-state index is 12.5. The van der Waals surface area contributed by atoms with Crippen LogP contribution in [0.15, 0.2) is 11.6 Å². The third-order valence-corrected chi connectivity index (χ3v) is 4.18. The molecule has 1 fully saturated rings. The Bertz CT molecular complexity index is 317. The second-order valence-electron chi connectivity index (χ2n) is 5.60. The average molecular weight is 262 g/mol. The first-order valence-electron chi connectivity index (χ1n) is 6.67. The molecule has 1 aliphatic heterocycles. The highest BCUT2D eigenvalue weighted by Crippen LogP contribution is 2.32. The van der Waals surface area contributed by atoms with Gasteiger partial charge in [0.1, 0.15) is 0 Å². The van der Waals surface area contributed by atoms with Gasteiger partial charge in [-0.25, -0.2) is 0 Å². The summed E-state index contributed by atoms with van der Waals surface area (Å²) < 4.78 is 37.4. The van der Waals surface area contributed by atoms with Gasteiger partial charge >= 0.3 is 6.18 Å². The summed E-state index contributed by atoms with van der Waals surface area (Å²) in [4.78, 5) is 2.07. The zero-order valence-corrected chi connectivity index (χ0v) is 10.6. The van der Waals surface area contributed by atoms with Gasteiger partial charge in [0, 0.05) is 30.7 Å². The molecule has 104 valence electrons. The quantitative estimate of drug-likeness (QED) is 0.792. The van der Waals surface area contributed by atoms with E-state index in [4.69, 9.17) is 5.73 Å². The van der Waals surface area contributed by atoms with Crippen LogP contribution in [0.2, 0.25) is 0 Å². The smallest absolute Gasteiger partial charge is 0.325 e. The van der Waals surface area contributed by atoms with Gasteiger partial charge < -0.3 is 5.73 Å². The lowest BCUT2D eigenvalue weighted by molar-refractivity contribution is -0.0960. The van der Waals surface area contributed by atoms with Crippen LogP contribution in [0.5, 0.6) is 0 Å². The fraction of sp³-hybridized carbons (Fsp3) is 0.846. The summed E-state index contributed by atoms with van der Waals surface area (Å²) in [6.07, 6.45) is 2.69. The van der Waals surface area contributed by atoms with Crippen LogP contribution in [0.1, 0.15) is 38.5 Å². The van der Waals surface area contributed by atoms with E-state index >= 15 is 0 Å². The van der Waals surface area contributed by atoms with Crippen molar-refractivity contribution in [1.29, 1.82) is 0 Å². The minimum absolute atomic E-state index is 0.0615. The van der Waals surface area contributed by atoms with Crippen molar-refractivity contribution in [3.63, 3.8) is 0 Å². The summed E-state index contributed by atoms with van der Waals surface area (Å²) in [6, 6.07) is 0. The first-order valence-corrected chi connectivity index (χ1v) is 6.67. The van der Waals surface area contributed by atoms with Crippen LogP contribution in [-0.2, 0) is 0 Å². The number of rotatable bonds is 3. The Labute approximate surface area is 106 Å². The van der Waals surface area contributed by atoms with Gasteiger partial charge in [0.25, 0.3) is 0 Å². The molecule has 2 nitrogen and oxygen atoms in total. The van der Waals surface area contributed by atoms with E-state index in [0.29, 0.717) is 13.1 Å². The number of halogens is 3. The molecule has 0 spiro atoms. The molecule has 0 amide bonds. The number of alkyl halides is 3. The van der Waals surface area contributed by atoms with Crippen molar-refractivity contribution in [3.8, 4) is 0 Å². The molecule has 5 heteroatoms. The van der Waals surface area contributed by atoms with E-state index in [1.807, 2.05) is 0 Å². The van der Waals surface area contributed by atoms with Gasteiger partial charge in [0.15, 0.2) is 0 Å². The maximum Gasteiger partial charge on any atom is 0.412 e. The molecule has 0 radical (unpaired) electrons. The van der Waals surface area contributed by atoms with E-state index in [-0.39, 0.29) is 17.5 Å². The topological polar surface area (TPSA) is 29.3 Å². The molecule has 0 atom stereocenters. The van der Waals surface area contributed by atoms with Crippen molar-refractivity contribution < 1.29 is 13.2 Å². The summed E-state index contributed by atoms with van der Waals surface area (Å²) in [6.45, 7) is 1.73. The monoisotopic (exact) mass is 262 g/mol. The predicted molar refractivity (Wildman–Crippen MR) is 65.2 cm³/mol. The molecular formula is C13H21F3N2. The first kappa shape index (κ1) is 13.9. The van der Waals surface area contributed by atoms with Gasteiger partial charge in [-0.2, -0.15) is 13.2 Å². The average Bonchev–Trinajstić information content (AvgIpc) is 2.74. The van der Waals surface area contributed by atoms with Gasteiger partial charge in [0.05, 0.1) is 0 Å². The van der Waals surface area contributed by atoms with Gasteiger partial charge in [-0.1, -0.05) is 18.9 Å². The van der Waals surface area contributed by atoms with Gasteiger partial charge in [-0.05, 0) is 25.7 Å². The molecule has 0 bridgehead atoms. The summed E-state index contributed by atoms with van der Waals surface area (Å²) >= 11 is 0. The molecule has 0 unspecified atom stereocenters. The van der Waals surface area contributed by atoms with E-state index in [2.05, 4.69) is 4.90 Å². The fourth-order valence-electron chi connectivity index (χ4n) is 2.88. The van der Waals surface area contributed by atoms with E-state index in [0.717, 1.165) is 25.8 Å². The van der Waals surface area contributed by atoms with Crippen molar-refractivity contribution in [3.05, 3.63) is 11.6 Å². The lowest BCUT2D eigenvalue weighted by Gasteiger charge is -2.31. The molecule has 2 rings (SSSR count). The fourth-order valence-corrected chi connectivity index (χ4v) is 2.88. The lowest BCUT2D eigenvalue weighted by atomic mass is 9.94. The molecule has 18 heavy (non-hydrogen) atoms. The normalized spacial score (nSPS) is 25.2. The maximum absolute atomic E-state index is 12.5. The van der Waals surface area contributed by atoms with Gasteiger partial charge in [0.2, 0.25) is 0 Å². The van der Waals surface area contributed by atoms with Crippen LogP contribution in [0.3, 0.4) is 0 Å². The first-order chi connectivity index (χ1) is 8.39. The Kier molecular flexibility index (Phi) is 4.02. The Morgan fingerprint density at radius 1 is 1.28 bits per heavy atom. The van der Waals surface area contributed by atoms with Crippen LogP contribution < -0.4 is 5.73 Å². The second kappa shape index (κ2) is 5.21. The lowest BCUT2D eigenvalue weighted by Crippen LogP contribution is -2.42. The van der Waals surface area contributed by atoms with Gasteiger partial charge in [-0.15, -0.1) is 0 Å². The Balaban J connectivity index is 1.78. The van der Waals surface area contributed by atoms with Crippen molar-refractivity contribution in [2.24, 2.45) is 5.73 Å². The Morgan fingerprint density at radius 3 is 2.44 bits per heavy atom. The molecule has 0 aromatic carbocycles. The van der Waals surface area contributed by atoms with E-state index in [1.165, 1.54) is 18.9 Å². The van der Waals surface area contributed by atoms with E-state index in [9.17, 15) is 13.2 Å². The van der Waals surface area contributed by atoms with Crippen LogP contribution in [0, 0.1) is 0 Å². The Morgan fingerprint density at radius 2 is 1.94 bits per heavy atom. The van der Waals surface area contributed by atoms with Crippen LogP contribution in [0.25, 0.3) is 0 Å². The molecule has 2 N–H and O–H groups in total. The van der Waals surface area contributed by atoms with Crippen molar-refractivity contribution in [1.82, 2.24) is 4.90 Å². The summed E-state index contributed by atoms with van der Waals surface area (Å²) in [7, 11) is 0. The van der Waals surface area contributed by atoms with Crippen LogP contribution >= 0.6 is 0 Å². The highest BCUT2D eigenvalue weighted by atomic mass is 19.4. The minimum Gasteiger partial charge on any atom is -0.325 e. The molecule has 0 saturated heterocycles. The molecule has 0 aromatic rings. The molecular weight excluding hydrogens is 241 g/mol. The molecule has 0 aromatic heterocycles.